The fourth-order valence-electron chi connectivity index (χ4n) is 2.16. The number of aliphatic hydroxyl groups is 1. The van der Waals surface area contributed by atoms with Gasteiger partial charge in [-0.2, -0.15) is 0 Å². The minimum atomic E-state index is 0.0381. The maximum absolute atomic E-state index is 11.8. The van der Waals surface area contributed by atoms with Crippen molar-refractivity contribution in [3.05, 3.63) is 0 Å². The van der Waals surface area contributed by atoms with Gasteiger partial charge in [-0.25, -0.2) is 0 Å². The summed E-state index contributed by atoms with van der Waals surface area (Å²) in [5, 5.41) is 12.1. The smallest absolute Gasteiger partial charge is 0.223 e. The van der Waals surface area contributed by atoms with Gasteiger partial charge < -0.3 is 10.4 Å². The van der Waals surface area contributed by atoms with E-state index in [0.29, 0.717) is 0 Å². The molecule has 0 radical (unpaired) electrons. The second-order valence-electron chi connectivity index (χ2n) is 4.50. The lowest BCUT2D eigenvalue weighted by atomic mass is 9.79. The van der Waals surface area contributed by atoms with Crippen LogP contribution in [0.15, 0.2) is 0 Å². The Morgan fingerprint density at radius 1 is 1.43 bits per heavy atom. The molecular formula is C11H21NO2. The molecule has 1 rings (SSSR count). The summed E-state index contributed by atoms with van der Waals surface area (Å²) in [5.41, 5.74) is 0. The van der Waals surface area contributed by atoms with E-state index >= 15 is 0 Å². The SMILES string of the molecule is CC(C)NC(=O)C1CCCCC1CO. The minimum Gasteiger partial charge on any atom is -0.396 e. The van der Waals surface area contributed by atoms with Crippen LogP contribution >= 0.6 is 0 Å². The summed E-state index contributed by atoms with van der Waals surface area (Å²) in [5.74, 6) is 0.345. The molecule has 2 unspecified atom stereocenters. The highest BCUT2D eigenvalue weighted by atomic mass is 16.3. The molecule has 0 bridgehead atoms. The van der Waals surface area contributed by atoms with E-state index in [4.69, 9.17) is 5.11 Å². The fraction of sp³-hybridized carbons (Fsp3) is 0.909. The molecule has 82 valence electrons. The van der Waals surface area contributed by atoms with Crippen molar-refractivity contribution < 1.29 is 9.90 Å². The van der Waals surface area contributed by atoms with Crippen LogP contribution in [0.2, 0.25) is 0 Å². The number of nitrogens with one attached hydrogen (secondary N) is 1. The van der Waals surface area contributed by atoms with E-state index in [-0.39, 0.29) is 30.4 Å². The Morgan fingerprint density at radius 2 is 2.07 bits per heavy atom. The van der Waals surface area contributed by atoms with E-state index in [1.54, 1.807) is 0 Å². The van der Waals surface area contributed by atoms with E-state index in [9.17, 15) is 4.79 Å². The fourth-order valence-corrected chi connectivity index (χ4v) is 2.16. The molecule has 3 heteroatoms. The molecule has 2 atom stereocenters. The molecule has 1 saturated carbocycles. The van der Waals surface area contributed by atoms with Crippen LogP contribution in [0.3, 0.4) is 0 Å². The molecule has 2 N–H and O–H groups in total. The van der Waals surface area contributed by atoms with Gasteiger partial charge in [0.1, 0.15) is 0 Å². The second kappa shape index (κ2) is 5.35. The lowest BCUT2D eigenvalue weighted by molar-refractivity contribution is -0.129. The van der Waals surface area contributed by atoms with Crippen molar-refractivity contribution in [2.24, 2.45) is 11.8 Å². The summed E-state index contributed by atoms with van der Waals surface area (Å²) in [4.78, 5) is 11.8. The summed E-state index contributed by atoms with van der Waals surface area (Å²) in [6.07, 6.45) is 4.19. The van der Waals surface area contributed by atoms with Gasteiger partial charge in [0.2, 0.25) is 5.91 Å². The number of hydrogen-bond acceptors (Lipinski definition) is 2. The Balaban J connectivity index is 2.50. The summed E-state index contributed by atoms with van der Waals surface area (Å²) in [7, 11) is 0. The Kier molecular flexibility index (Phi) is 4.39. The zero-order valence-corrected chi connectivity index (χ0v) is 9.12. The summed E-state index contributed by atoms with van der Waals surface area (Å²) < 4.78 is 0. The molecule has 0 aromatic rings. The van der Waals surface area contributed by atoms with Gasteiger partial charge in [-0.15, -0.1) is 0 Å². The standard InChI is InChI=1S/C11H21NO2/c1-8(2)12-11(14)10-6-4-3-5-9(10)7-13/h8-10,13H,3-7H2,1-2H3,(H,12,14). The third kappa shape index (κ3) is 2.98. The second-order valence-corrected chi connectivity index (χ2v) is 4.50. The largest absolute Gasteiger partial charge is 0.396 e. The molecule has 0 aliphatic heterocycles. The molecule has 14 heavy (non-hydrogen) atoms. The van der Waals surface area contributed by atoms with Crippen molar-refractivity contribution in [2.75, 3.05) is 6.61 Å². The molecule has 0 spiro atoms. The van der Waals surface area contributed by atoms with Crippen LogP contribution in [-0.2, 0) is 4.79 Å². The van der Waals surface area contributed by atoms with Crippen molar-refractivity contribution in [3.63, 3.8) is 0 Å². The van der Waals surface area contributed by atoms with E-state index in [1.165, 1.54) is 0 Å². The number of carbonyl (C=O) groups excluding carboxylic acids is 1. The van der Waals surface area contributed by atoms with Crippen LogP contribution < -0.4 is 5.32 Å². The van der Waals surface area contributed by atoms with Gasteiger partial charge in [0.25, 0.3) is 0 Å². The summed E-state index contributed by atoms with van der Waals surface area (Å²) in [6, 6.07) is 0.198. The quantitative estimate of drug-likeness (QED) is 0.720. The Labute approximate surface area is 85.9 Å². The molecule has 0 heterocycles. The maximum Gasteiger partial charge on any atom is 0.223 e. The number of hydrogen-bond donors (Lipinski definition) is 2. The van der Waals surface area contributed by atoms with Crippen molar-refractivity contribution in [2.45, 2.75) is 45.6 Å². The molecule has 1 aliphatic carbocycles. The number of carbonyl (C=O) groups is 1. The highest BCUT2D eigenvalue weighted by Crippen LogP contribution is 2.29. The van der Waals surface area contributed by atoms with Crippen LogP contribution in [0.5, 0.6) is 0 Å². The van der Waals surface area contributed by atoms with Gasteiger partial charge in [0.15, 0.2) is 0 Å². The summed E-state index contributed by atoms with van der Waals surface area (Å²) in [6.45, 7) is 4.08. The molecule has 1 fully saturated rings. The first-order chi connectivity index (χ1) is 6.65. The zero-order chi connectivity index (χ0) is 10.6. The van der Waals surface area contributed by atoms with Crippen LogP contribution in [0.25, 0.3) is 0 Å². The Hall–Kier alpha value is -0.570. The topological polar surface area (TPSA) is 49.3 Å². The highest BCUT2D eigenvalue weighted by Gasteiger charge is 2.30. The predicted molar refractivity (Wildman–Crippen MR) is 55.8 cm³/mol. The van der Waals surface area contributed by atoms with Gasteiger partial charge in [-0.3, -0.25) is 4.79 Å². The van der Waals surface area contributed by atoms with Gasteiger partial charge in [0.05, 0.1) is 0 Å². The molecule has 0 aromatic heterocycles. The van der Waals surface area contributed by atoms with E-state index < -0.39 is 0 Å². The van der Waals surface area contributed by atoms with E-state index in [1.807, 2.05) is 13.8 Å². The molecule has 3 nitrogen and oxygen atoms in total. The Bertz CT molecular complexity index is 192. The van der Waals surface area contributed by atoms with Gasteiger partial charge >= 0.3 is 0 Å². The maximum atomic E-state index is 11.8. The van der Waals surface area contributed by atoms with E-state index in [0.717, 1.165) is 25.7 Å². The normalized spacial score (nSPS) is 27.7. The van der Waals surface area contributed by atoms with Crippen molar-refractivity contribution in [3.8, 4) is 0 Å². The lowest BCUT2D eigenvalue weighted by Gasteiger charge is -2.29. The zero-order valence-electron chi connectivity index (χ0n) is 9.12. The monoisotopic (exact) mass is 199 g/mol. The van der Waals surface area contributed by atoms with Gasteiger partial charge in [-0.05, 0) is 32.6 Å². The molecule has 1 aliphatic rings. The molecule has 0 aromatic carbocycles. The van der Waals surface area contributed by atoms with Crippen molar-refractivity contribution in [1.82, 2.24) is 5.32 Å². The average Bonchev–Trinajstić information content (AvgIpc) is 2.16. The van der Waals surface area contributed by atoms with Crippen molar-refractivity contribution in [1.29, 1.82) is 0 Å². The number of amides is 1. The van der Waals surface area contributed by atoms with Crippen LogP contribution in [0.1, 0.15) is 39.5 Å². The van der Waals surface area contributed by atoms with Crippen molar-refractivity contribution >= 4 is 5.91 Å². The first kappa shape index (κ1) is 11.5. The predicted octanol–water partition coefficient (Wildman–Crippen LogP) is 1.31. The van der Waals surface area contributed by atoms with Crippen LogP contribution in [0.4, 0.5) is 0 Å². The van der Waals surface area contributed by atoms with Crippen LogP contribution in [-0.4, -0.2) is 23.7 Å². The minimum absolute atomic E-state index is 0.0381. The molecule has 1 amide bonds. The first-order valence-electron chi connectivity index (χ1n) is 5.56. The van der Waals surface area contributed by atoms with Crippen LogP contribution in [0, 0.1) is 11.8 Å². The molecular weight excluding hydrogens is 178 g/mol. The molecule has 0 saturated heterocycles. The number of aliphatic hydroxyl groups excluding tert-OH is 1. The average molecular weight is 199 g/mol. The van der Waals surface area contributed by atoms with E-state index in [2.05, 4.69) is 5.32 Å². The highest BCUT2D eigenvalue weighted by molar-refractivity contribution is 5.79. The first-order valence-corrected chi connectivity index (χ1v) is 5.56. The van der Waals surface area contributed by atoms with Gasteiger partial charge in [0, 0.05) is 18.6 Å². The van der Waals surface area contributed by atoms with Gasteiger partial charge in [-0.1, -0.05) is 12.8 Å². The third-order valence-corrected chi connectivity index (χ3v) is 2.91. The number of rotatable bonds is 3. The summed E-state index contributed by atoms with van der Waals surface area (Å²) >= 11 is 0. The lowest BCUT2D eigenvalue weighted by Crippen LogP contribution is -2.40. The Morgan fingerprint density at radius 3 is 2.64 bits per heavy atom. The third-order valence-electron chi connectivity index (χ3n) is 2.91.